The van der Waals surface area contributed by atoms with Gasteiger partial charge in [-0.3, -0.25) is 4.79 Å². The lowest BCUT2D eigenvalue weighted by atomic mass is 10.1. The number of rotatable bonds is 5. The Hall–Kier alpha value is -1.52. The summed E-state index contributed by atoms with van der Waals surface area (Å²) >= 11 is 0. The van der Waals surface area contributed by atoms with Gasteiger partial charge in [-0.25, -0.2) is 4.99 Å². The van der Waals surface area contributed by atoms with Gasteiger partial charge >= 0.3 is 6.18 Å². The number of likely N-dealkylation sites (tertiary alicyclic amines) is 1. The molecule has 1 atom stereocenters. The molecule has 27 heavy (non-hydrogen) atoms. The number of amides is 1. The van der Waals surface area contributed by atoms with E-state index < -0.39 is 11.7 Å². The number of benzene rings is 1. The van der Waals surface area contributed by atoms with Crippen LogP contribution in [0, 0.1) is 0 Å². The van der Waals surface area contributed by atoms with E-state index in [0.29, 0.717) is 37.6 Å². The molecule has 1 saturated heterocycles. The van der Waals surface area contributed by atoms with Crippen molar-refractivity contribution < 1.29 is 18.0 Å². The Kier molecular flexibility index (Phi) is 9.34. The van der Waals surface area contributed by atoms with Crippen molar-refractivity contribution in [3.63, 3.8) is 0 Å². The monoisotopic (exact) mass is 498 g/mol. The second-order valence-electron chi connectivity index (χ2n) is 6.22. The van der Waals surface area contributed by atoms with Crippen LogP contribution in [0.25, 0.3) is 0 Å². The van der Waals surface area contributed by atoms with Gasteiger partial charge < -0.3 is 15.5 Å². The Balaban J connectivity index is 0.00000364. The molecule has 2 N–H and O–H groups in total. The van der Waals surface area contributed by atoms with Gasteiger partial charge in [0.15, 0.2) is 5.96 Å². The zero-order valence-corrected chi connectivity index (χ0v) is 17.8. The molecule has 0 aromatic heterocycles. The largest absolute Gasteiger partial charge is 0.416 e. The summed E-state index contributed by atoms with van der Waals surface area (Å²) in [4.78, 5) is 18.0. The summed E-state index contributed by atoms with van der Waals surface area (Å²) in [7, 11) is 0. The maximum Gasteiger partial charge on any atom is 0.416 e. The first-order valence-electron chi connectivity index (χ1n) is 8.82. The number of guanidine groups is 1. The van der Waals surface area contributed by atoms with Crippen molar-refractivity contribution in [2.45, 2.75) is 45.5 Å². The average Bonchev–Trinajstić information content (AvgIpc) is 3.07. The number of halogens is 4. The highest BCUT2D eigenvalue weighted by molar-refractivity contribution is 14.0. The van der Waals surface area contributed by atoms with E-state index in [4.69, 9.17) is 0 Å². The highest BCUT2D eigenvalue weighted by Gasteiger charge is 2.30. The van der Waals surface area contributed by atoms with Gasteiger partial charge in [-0.2, -0.15) is 13.2 Å². The van der Waals surface area contributed by atoms with Crippen LogP contribution in [0.1, 0.15) is 37.8 Å². The lowest BCUT2D eigenvalue weighted by Gasteiger charge is -2.18. The number of carbonyl (C=O) groups is 1. The molecule has 152 valence electrons. The van der Waals surface area contributed by atoms with Gasteiger partial charge in [0.05, 0.1) is 12.1 Å². The summed E-state index contributed by atoms with van der Waals surface area (Å²) in [6.07, 6.45) is -3.06. The molecule has 1 amide bonds. The minimum atomic E-state index is -4.36. The van der Waals surface area contributed by atoms with Gasteiger partial charge in [0.2, 0.25) is 5.91 Å². The third-order valence-corrected chi connectivity index (χ3v) is 4.20. The molecule has 1 fully saturated rings. The number of nitrogens with zero attached hydrogens (tertiary/aromatic N) is 2. The van der Waals surface area contributed by atoms with Gasteiger partial charge in [0, 0.05) is 32.1 Å². The molecule has 0 aliphatic carbocycles. The Bertz CT molecular complexity index is 652. The SMILES string of the molecule is CCNC(=NCc1cccc(C(F)(F)F)c1)NC1CCN(C(=O)CC)C1.I. The summed E-state index contributed by atoms with van der Waals surface area (Å²) in [6.45, 7) is 5.85. The topological polar surface area (TPSA) is 56.7 Å². The lowest BCUT2D eigenvalue weighted by molar-refractivity contribution is -0.137. The third kappa shape index (κ3) is 7.19. The van der Waals surface area contributed by atoms with Crippen LogP contribution in [-0.4, -0.2) is 42.4 Å². The molecule has 1 aliphatic rings. The molecule has 9 heteroatoms. The number of nitrogens with one attached hydrogen (secondary N) is 2. The molecular weight excluding hydrogens is 472 g/mol. The number of hydrogen-bond donors (Lipinski definition) is 2. The maximum absolute atomic E-state index is 12.8. The van der Waals surface area contributed by atoms with E-state index in [0.717, 1.165) is 18.6 Å². The maximum atomic E-state index is 12.8. The molecule has 0 bridgehead atoms. The molecule has 1 aliphatic heterocycles. The zero-order valence-electron chi connectivity index (χ0n) is 15.5. The van der Waals surface area contributed by atoms with E-state index in [2.05, 4.69) is 15.6 Å². The third-order valence-electron chi connectivity index (χ3n) is 4.20. The quantitative estimate of drug-likeness (QED) is 0.372. The summed E-state index contributed by atoms with van der Waals surface area (Å²) in [6, 6.07) is 5.27. The summed E-state index contributed by atoms with van der Waals surface area (Å²) in [5.74, 6) is 0.668. The first kappa shape index (κ1) is 23.5. The van der Waals surface area contributed by atoms with Crippen LogP contribution < -0.4 is 10.6 Å². The minimum Gasteiger partial charge on any atom is -0.357 e. The number of aliphatic imine (C=N–C) groups is 1. The molecule has 1 aromatic carbocycles. The fourth-order valence-electron chi connectivity index (χ4n) is 2.86. The van der Waals surface area contributed by atoms with Crippen LogP contribution in [0.2, 0.25) is 0 Å². The lowest BCUT2D eigenvalue weighted by Crippen LogP contribution is -2.45. The second-order valence-corrected chi connectivity index (χ2v) is 6.22. The van der Waals surface area contributed by atoms with Crippen LogP contribution >= 0.6 is 24.0 Å². The minimum absolute atomic E-state index is 0. The van der Waals surface area contributed by atoms with Crippen molar-refractivity contribution in [3.05, 3.63) is 35.4 Å². The molecule has 1 heterocycles. The zero-order chi connectivity index (χ0) is 19.2. The Labute approximate surface area is 174 Å². The van der Waals surface area contributed by atoms with Gasteiger partial charge in [-0.05, 0) is 31.0 Å². The fourth-order valence-corrected chi connectivity index (χ4v) is 2.86. The Morgan fingerprint density at radius 2 is 2.07 bits per heavy atom. The summed E-state index contributed by atoms with van der Waals surface area (Å²) < 4.78 is 38.4. The van der Waals surface area contributed by atoms with Gasteiger partial charge in [0.1, 0.15) is 0 Å². The predicted octanol–water partition coefficient (Wildman–Crippen LogP) is 3.39. The normalized spacial score (nSPS) is 17.4. The van der Waals surface area contributed by atoms with Crippen LogP contribution in [0.3, 0.4) is 0 Å². The van der Waals surface area contributed by atoms with Crippen LogP contribution in [0.4, 0.5) is 13.2 Å². The second kappa shape index (κ2) is 10.7. The van der Waals surface area contributed by atoms with Gasteiger partial charge in [0.25, 0.3) is 0 Å². The smallest absolute Gasteiger partial charge is 0.357 e. The standard InChI is InChI=1S/C18H25F3N4O.HI/c1-3-16(26)25-9-8-15(12-25)24-17(22-4-2)23-11-13-6-5-7-14(10-13)18(19,20)21;/h5-7,10,15H,3-4,8-9,11-12H2,1-2H3,(H2,22,23,24);1H. The Morgan fingerprint density at radius 1 is 1.33 bits per heavy atom. The van der Waals surface area contributed by atoms with Gasteiger partial charge in [-0.15, -0.1) is 24.0 Å². The molecular formula is C18H26F3IN4O. The summed E-state index contributed by atoms with van der Waals surface area (Å²) in [5.41, 5.74) is -0.182. The first-order valence-corrected chi connectivity index (χ1v) is 8.82. The molecule has 1 aromatic rings. The summed E-state index contributed by atoms with van der Waals surface area (Å²) in [5, 5.41) is 6.36. The van der Waals surface area contributed by atoms with Crippen molar-refractivity contribution in [2.75, 3.05) is 19.6 Å². The van der Waals surface area contributed by atoms with E-state index in [1.54, 1.807) is 6.07 Å². The molecule has 0 saturated carbocycles. The van der Waals surface area contributed by atoms with Crippen molar-refractivity contribution in [3.8, 4) is 0 Å². The van der Waals surface area contributed by atoms with E-state index in [-0.39, 0.29) is 42.5 Å². The van der Waals surface area contributed by atoms with Gasteiger partial charge in [-0.1, -0.05) is 19.1 Å². The van der Waals surface area contributed by atoms with Crippen molar-refractivity contribution >= 4 is 35.8 Å². The van der Waals surface area contributed by atoms with Crippen LogP contribution in [0.15, 0.2) is 29.3 Å². The highest BCUT2D eigenvalue weighted by atomic mass is 127. The Morgan fingerprint density at radius 3 is 2.70 bits per heavy atom. The number of hydrogen-bond acceptors (Lipinski definition) is 2. The fraction of sp³-hybridized carbons (Fsp3) is 0.556. The molecule has 0 radical (unpaired) electrons. The molecule has 1 unspecified atom stereocenters. The van der Waals surface area contributed by atoms with E-state index in [9.17, 15) is 18.0 Å². The van der Waals surface area contributed by atoms with E-state index in [1.165, 1.54) is 6.07 Å². The number of alkyl halides is 3. The number of carbonyl (C=O) groups excluding carboxylic acids is 1. The van der Waals surface area contributed by atoms with Crippen LogP contribution in [0.5, 0.6) is 0 Å². The molecule has 0 spiro atoms. The van der Waals surface area contributed by atoms with Crippen molar-refractivity contribution in [2.24, 2.45) is 4.99 Å². The highest BCUT2D eigenvalue weighted by Crippen LogP contribution is 2.29. The molecule has 5 nitrogen and oxygen atoms in total. The first-order chi connectivity index (χ1) is 12.3. The van der Waals surface area contributed by atoms with Crippen molar-refractivity contribution in [1.82, 2.24) is 15.5 Å². The van der Waals surface area contributed by atoms with E-state index >= 15 is 0 Å². The average molecular weight is 498 g/mol. The predicted molar refractivity (Wildman–Crippen MR) is 110 cm³/mol. The van der Waals surface area contributed by atoms with Crippen LogP contribution in [-0.2, 0) is 17.5 Å². The van der Waals surface area contributed by atoms with Crippen molar-refractivity contribution in [1.29, 1.82) is 0 Å². The van der Waals surface area contributed by atoms with E-state index in [1.807, 2.05) is 18.7 Å². The molecule has 2 rings (SSSR count).